The molecule has 0 bridgehead atoms. The Labute approximate surface area is 101 Å². The molecule has 1 rings (SSSR count). The first-order valence-electron chi connectivity index (χ1n) is 4.92. The molecule has 1 atom stereocenters. The third-order valence-electron chi connectivity index (χ3n) is 2.24. The Morgan fingerprint density at radius 2 is 2.07 bits per heavy atom. The molecule has 2 N–H and O–H groups in total. The van der Waals surface area contributed by atoms with E-state index >= 15 is 0 Å². The van der Waals surface area contributed by atoms with E-state index in [0.717, 1.165) is 18.7 Å². The van der Waals surface area contributed by atoms with E-state index in [9.17, 15) is 0 Å². The van der Waals surface area contributed by atoms with Crippen molar-refractivity contribution in [2.24, 2.45) is 5.73 Å². The minimum Gasteiger partial charge on any atom is -0.373 e. The van der Waals surface area contributed by atoms with Gasteiger partial charge in [-0.25, -0.2) is 0 Å². The highest BCUT2D eigenvalue weighted by atomic mass is 35.5. The summed E-state index contributed by atoms with van der Waals surface area (Å²) in [6.07, 6.45) is 0.940. The fourth-order valence-corrected chi connectivity index (χ4v) is 1.86. The van der Waals surface area contributed by atoms with Crippen molar-refractivity contribution in [3.05, 3.63) is 28.2 Å². The summed E-state index contributed by atoms with van der Waals surface area (Å²) in [6.45, 7) is 2.89. The van der Waals surface area contributed by atoms with Crippen LogP contribution in [0, 0.1) is 0 Å². The van der Waals surface area contributed by atoms with Crippen LogP contribution in [0.3, 0.4) is 0 Å². The van der Waals surface area contributed by atoms with Gasteiger partial charge in [0.15, 0.2) is 0 Å². The Morgan fingerprint density at radius 3 is 2.60 bits per heavy atom. The molecule has 1 aromatic carbocycles. The van der Waals surface area contributed by atoms with Gasteiger partial charge < -0.3 is 10.6 Å². The summed E-state index contributed by atoms with van der Waals surface area (Å²) in [7, 11) is 2.00. The lowest BCUT2D eigenvalue weighted by atomic mass is 10.2. The molecule has 84 valence electrons. The fraction of sp³-hybridized carbons (Fsp3) is 0.455. The molecule has 1 aromatic rings. The van der Waals surface area contributed by atoms with Gasteiger partial charge >= 0.3 is 0 Å². The van der Waals surface area contributed by atoms with Crippen LogP contribution in [0.1, 0.15) is 13.3 Å². The summed E-state index contributed by atoms with van der Waals surface area (Å²) >= 11 is 11.9. The lowest BCUT2D eigenvalue weighted by molar-refractivity contribution is 0.659. The van der Waals surface area contributed by atoms with Gasteiger partial charge in [-0.15, -0.1) is 0 Å². The second-order valence-electron chi connectivity index (χ2n) is 3.78. The summed E-state index contributed by atoms with van der Waals surface area (Å²) in [5.41, 5.74) is 6.69. The van der Waals surface area contributed by atoms with E-state index in [-0.39, 0.29) is 6.04 Å². The van der Waals surface area contributed by atoms with Gasteiger partial charge in [-0.1, -0.05) is 23.2 Å². The molecule has 0 saturated heterocycles. The molecule has 0 aliphatic carbocycles. The molecule has 0 aliphatic rings. The second-order valence-corrected chi connectivity index (χ2v) is 4.63. The quantitative estimate of drug-likeness (QED) is 0.885. The van der Waals surface area contributed by atoms with Gasteiger partial charge in [0.25, 0.3) is 0 Å². The summed E-state index contributed by atoms with van der Waals surface area (Å²) in [5, 5.41) is 1.33. The average Bonchev–Trinajstić information content (AvgIpc) is 2.14. The predicted molar refractivity (Wildman–Crippen MR) is 68.0 cm³/mol. The van der Waals surface area contributed by atoms with Crippen LogP contribution in [-0.4, -0.2) is 19.6 Å². The van der Waals surface area contributed by atoms with Crippen molar-refractivity contribution in [1.29, 1.82) is 0 Å². The first kappa shape index (κ1) is 12.6. The largest absolute Gasteiger partial charge is 0.373 e. The minimum absolute atomic E-state index is 0.207. The molecule has 0 spiro atoms. The smallest absolute Gasteiger partial charge is 0.0654 e. The van der Waals surface area contributed by atoms with Crippen LogP contribution in [0.5, 0.6) is 0 Å². The normalized spacial score (nSPS) is 12.6. The zero-order valence-corrected chi connectivity index (χ0v) is 10.5. The van der Waals surface area contributed by atoms with E-state index in [0.29, 0.717) is 10.0 Å². The molecule has 2 nitrogen and oxygen atoms in total. The van der Waals surface area contributed by atoms with Crippen LogP contribution in [0.4, 0.5) is 5.69 Å². The summed E-state index contributed by atoms with van der Waals surface area (Å²) < 4.78 is 0. The highest BCUT2D eigenvalue weighted by molar-refractivity contribution is 6.36. The van der Waals surface area contributed by atoms with Gasteiger partial charge in [-0.3, -0.25) is 0 Å². The molecule has 1 unspecified atom stereocenters. The van der Waals surface area contributed by atoms with Gasteiger partial charge in [0, 0.05) is 24.7 Å². The SMILES string of the molecule is CC(N)CCN(C)c1ccc(Cl)cc1Cl. The van der Waals surface area contributed by atoms with Crippen molar-refractivity contribution in [3.8, 4) is 0 Å². The highest BCUT2D eigenvalue weighted by Crippen LogP contribution is 2.27. The molecule has 4 heteroatoms. The summed E-state index contributed by atoms with van der Waals surface area (Å²) in [5.74, 6) is 0. The van der Waals surface area contributed by atoms with E-state index in [1.54, 1.807) is 6.07 Å². The number of anilines is 1. The maximum absolute atomic E-state index is 6.08. The third kappa shape index (κ3) is 3.90. The second kappa shape index (κ2) is 5.59. The Hall–Kier alpha value is -0.440. The Bertz CT molecular complexity index is 326. The lowest BCUT2D eigenvalue weighted by Gasteiger charge is -2.21. The number of nitrogens with two attached hydrogens (primary N) is 1. The van der Waals surface area contributed by atoms with E-state index in [2.05, 4.69) is 4.90 Å². The molecule has 0 fully saturated rings. The van der Waals surface area contributed by atoms with Crippen molar-refractivity contribution in [3.63, 3.8) is 0 Å². The van der Waals surface area contributed by atoms with E-state index in [1.165, 1.54) is 0 Å². The topological polar surface area (TPSA) is 29.3 Å². The van der Waals surface area contributed by atoms with Gasteiger partial charge in [0.2, 0.25) is 0 Å². The highest BCUT2D eigenvalue weighted by Gasteiger charge is 2.07. The zero-order valence-electron chi connectivity index (χ0n) is 9.00. The van der Waals surface area contributed by atoms with Crippen molar-refractivity contribution >= 4 is 28.9 Å². The molecule has 0 amide bonds. The number of benzene rings is 1. The molecule has 0 aromatic heterocycles. The fourth-order valence-electron chi connectivity index (χ4n) is 1.31. The van der Waals surface area contributed by atoms with Gasteiger partial charge in [0.1, 0.15) is 0 Å². The molecule has 0 saturated carbocycles. The number of hydrogen-bond donors (Lipinski definition) is 1. The van der Waals surface area contributed by atoms with E-state index in [4.69, 9.17) is 28.9 Å². The Balaban J connectivity index is 2.69. The summed E-state index contributed by atoms with van der Waals surface area (Å²) in [4.78, 5) is 2.09. The van der Waals surface area contributed by atoms with Crippen molar-refractivity contribution in [2.45, 2.75) is 19.4 Å². The van der Waals surface area contributed by atoms with Crippen molar-refractivity contribution in [1.82, 2.24) is 0 Å². The predicted octanol–water partition coefficient (Wildman–Crippen LogP) is 3.17. The average molecular weight is 247 g/mol. The van der Waals surface area contributed by atoms with Gasteiger partial charge in [0.05, 0.1) is 10.7 Å². The molecule has 0 radical (unpaired) electrons. The van der Waals surface area contributed by atoms with Crippen LogP contribution in [0.2, 0.25) is 10.0 Å². The van der Waals surface area contributed by atoms with Crippen LogP contribution < -0.4 is 10.6 Å². The molecular formula is C11H16Cl2N2. The first-order valence-corrected chi connectivity index (χ1v) is 5.68. The van der Waals surface area contributed by atoms with Crippen LogP contribution in [0.25, 0.3) is 0 Å². The lowest BCUT2D eigenvalue weighted by Crippen LogP contribution is -2.25. The van der Waals surface area contributed by atoms with E-state index < -0.39 is 0 Å². The molecular weight excluding hydrogens is 231 g/mol. The minimum atomic E-state index is 0.207. The monoisotopic (exact) mass is 246 g/mol. The number of rotatable bonds is 4. The Morgan fingerprint density at radius 1 is 1.40 bits per heavy atom. The van der Waals surface area contributed by atoms with Crippen LogP contribution >= 0.6 is 23.2 Å². The molecule has 15 heavy (non-hydrogen) atoms. The first-order chi connectivity index (χ1) is 7.00. The van der Waals surface area contributed by atoms with Gasteiger partial charge in [-0.2, -0.15) is 0 Å². The number of nitrogens with zero attached hydrogens (tertiary/aromatic N) is 1. The maximum atomic E-state index is 6.08. The summed E-state index contributed by atoms with van der Waals surface area (Å²) in [6, 6.07) is 5.72. The molecule has 0 heterocycles. The van der Waals surface area contributed by atoms with Gasteiger partial charge in [-0.05, 0) is 31.5 Å². The molecule has 0 aliphatic heterocycles. The van der Waals surface area contributed by atoms with Crippen molar-refractivity contribution < 1.29 is 0 Å². The maximum Gasteiger partial charge on any atom is 0.0654 e. The zero-order chi connectivity index (χ0) is 11.4. The number of halogens is 2. The van der Waals surface area contributed by atoms with Crippen LogP contribution in [-0.2, 0) is 0 Å². The standard InChI is InChI=1S/C11H16Cl2N2/c1-8(14)5-6-15(2)11-4-3-9(12)7-10(11)13/h3-4,7-8H,5-6,14H2,1-2H3. The van der Waals surface area contributed by atoms with Crippen molar-refractivity contribution in [2.75, 3.05) is 18.5 Å². The van der Waals surface area contributed by atoms with E-state index in [1.807, 2.05) is 26.1 Å². The third-order valence-corrected chi connectivity index (χ3v) is 2.78. The number of hydrogen-bond acceptors (Lipinski definition) is 2. The van der Waals surface area contributed by atoms with Crippen LogP contribution in [0.15, 0.2) is 18.2 Å². The Kier molecular flexibility index (Phi) is 4.71.